The van der Waals surface area contributed by atoms with Crippen molar-refractivity contribution in [3.63, 3.8) is 0 Å². The van der Waals surface area contributed by atoms with Gasteiger partial charge < -0.3 is 26.8 Å². The number of para-hydroxylation sites is 1. The number of benzene rings is 2. The second-order valence-electron chi connectivity index (χ2n) is 7.96. The monoisotopic (exact) mass is 471 g/mol. The average molecular weight is 472 g/mol. The zero-order chi connectivity index (χ0) is 24.8. The van der Waals surface area contributed by atoms with Crippen LogP contribution < -0.4 is 26.8 Å². The number of rotatable bonds is 9. The molecule has 1 fully saturated rings. The molecule has 180 valence electrons. The average Bonchev–Trinajstić information content (AvgIpc) is 3.30. The molecule has 1 aliphatic carbocycles. The largest absolute Gasteiger partial charge is 0.496 e. The fourth-order valence-electron chi connectivity index (χ4n) is 3.91. The molecule has 0 heterocycles. The zero-order valence-corrected chi connectivity index (χ0v) is 18.7. The number of nitrogens with one attached hydrogen (secondary N) is 3. The summed E-state index contributed by atoms with van der Waals surface area (Å²) in [5.74, 6) is -3.32. The van der Waals surface area contributed by atoms with E-state index in [1.54, 1.807) is 18.2 Å². The van der Waals surface area contributed by atoms with Gasteiger partial charge in [0, 0.05) is 23.7 Å². The summed E-state index contributed by atoms with van der Waals surface area (Å²) < 4.78 is 34.7. The SMILES string of the molecule is COc1ccccc1C(=O)NCc1c(F)cc(C(=N)/C(C(N)=O)=C(/N)NC2CCCC2)cc1F. The number of carbonyl (C=O) groups is 2. The Balaban J connectivity index is 1.80. The minimum atomic E-state index is -0.994. The molecule has 0 unspecified atom stereocenters. The van der Waals surface area contributed by atoms with Crippen LogP contribution in [0.25, 0.3) is 0 Å². The number of amides is 2. The zero-order valence-electron chi connectivity index (χ0n) is 18.7. The molecule has 34 heavy (non-hydrogen) atoms. The first-order chi connectivity index (χ1) is 16.2. The summed E-state index contributed by atoms with van der Waals surface area (Å²) in [7, 11) is 1.41. The molecule has 1 saturated carbocycles. The second kappa shape index (κ2) is 10.8. The summed E-state index contributed by atoms with van der Waals surface area (Å²) in [5.41, 5.74) is 10.2. The van der Waals surface area contributed by atoms with Crippen LogP contribution in [0.4, 0.5) is 8.78 Å². The van der Waals surface area contributed by atoms with Crippen LogP contribution in [0.5, 0.6) is 5.75 Å². The molecule has 8 nitrogen and oxygen atoms in total. The lowest BCUT2D eigenvalue weighted by molar-refractivity contribution is -0.114. The van der Waals surface area contributed by atoms with Crippen molar-refractivity contribution in [2.45, 2.75) is 38.3 Å². The number of nitrogens with two attached hydrogens (primary N) is 2. The summed E-state index contributed by atoms with van der Waals surface area (Å²) in [6.45, 7) is -0.438. The maximum atomic E-state index is 14.8. The van der Waals surface area contributed by atoms with E-state index in [4.69, 9.17) is 21.6 Å². The Bertz CT molecular complexity index is 1120. The fourth-order valence-corrected chi connectivity index (χ4v) is 3.91. The van der Waals surface area contributed by atoms with Crippen LogP contribution in [0.2, 0.25) is 0 Å². The Labute approximate surface area is 195 Å². The van der Waals surface area contributed by atoms with E-state index in [-0.39, 0.29) is 28.6 Å². The van der Waals surface area contributed by atoms with Crippen LogP contribution in [0.3, 0.4) is 0 Å². The van der Waals surface area contributed by atoms with Crippen molar-refractivity contribution >= 4 is 17.5 Å². The van der Waals surface area contributed by atoms with Gasteiger partial charge in [-0.1, -0.05) is 25.0 Å². The Morgan fingerprint density at radius 3 is 2.32 bits per heavy atom. The Morgan fingerprint density at radius 2 is 1.74 bits per heavy atom. The third-order valence-electron chi connectivity index (χ3n) is 5.69. The number of ether oxygens (including phenoxy) is 1. The molecule has 7 N–H and O–H groups in total. The van der Waals surface area contributed by atoms with Crippen LogP contribution in [0.1, 0.15) is 47.2 Å². The highest BCUT2D eigenvalue weighted by molar-refractivity contribution is 6.26. The standard InChI is InChI=1S/C24H27F2N5O3/c1-34-19-9-5-4-8-15(19)24(33)30-12-16-17(25)10-13(11-18(16)26)21(27)20(23(29)32)22(28)31-14-6-2-3-7-14/h4-5,8-11,14,27,31H,2-3,6-7,12,28H2,1H3,(H2,29,32)(H,30,33)/b22-20+,27-21?. The van der Waals surface area contributed by atoms with Crippen molar-refractivity contribution in [1.29, 1.82) is 5.41 Å². The van der Waals surface area contributed by atoms with Crippen molar-refractivity contribution in [3.05, 3.63) is 76.1 Å². The predicted octanol–water partition coefficient (Wildman–Crippen LogP) is 2.46. The molecule has 0 bridgehead atoms. The van der Waals surface area contributed by atoms with Gasteiger partial charge in [0.25, 0.3) is 11.8 Å². The Hall–Kier alpha value is -3.95. The lowest BCUT2D eigenvalue weighted by Crippen LogP contribution is -2.36. The van der Waals surface area contributed by atoms with E-state index >= 15 is 0 Å². The van der Waals surface area contributed by atoms with Crippen LogP contribution in [0, 0.1) is 17.0 Å². The maximum absolute atomic E-state index is 14.8. The van der Waals surface area contributed by atoms with Crippen molar-refractivity contribution in [2.24, 2.45) is 11.5 Å². The van der Waals surface area contributed by atoms with Crippen molar-refractivity contribution < 1.29 is 23.1 Å². The highest BCUT2D eigenvalue weighted by atomic mass is 19.1. The molecular weight excluding hydrogens is 444 g/mol. The van der Waals surface area contributed by atoms with E-state index in [0.29, 0.717) is 5.75 Å². The first kappa shape index (κ1) is 24.7. The number of primary amides is 1. The minimum absolute atomic E-state index is 0.0462. The molecule has 2 amide bonds. The van der Waals surface area contributed by atoms with Gasteiger partial charge in [0.15, 0.2) is 0 Å². The molecule has 2 aromatic carbocycles. The van der Waals surface area contributed by atoms with Crippen LogP contribution in [-0.4, -0.2) is 30.7 Å². The Morgan fingerprint density at radius 1 is 1.12 bits per heavy atom. The van der Waals surface area contributed by atoms with Gasteiger partial charge >= 0.3 is 0 Å². The van der Waals surface area contributed by atoms with Gasteiger partial charge in [-0.3, -0.25) is 15.0 Å². The van der Waals surface area contributed by atoms with Crippen molar-refractivity contribution in [3.8, 4) is 5.75 Å². The van der Waals surface area contributed by atoms with Gasteiger partial charge in [-0.2, -0.15) is 0 Å². The summed E-state index contributed by atoms with van der Waals surface area (Å²) in [4.78, 5) is 24.4. The van der Waals surface area contributed by atoms with Crippen LogP contribution in [0.15, 0.2) is 47.8 Å². The van der Waals surface area contributed by atoms with E-state index in [2.05, 4.69) is 10.6 Å². The number of hydrogen-bond acceptors (Lipinski definition) is 6. The molecule has 0 aliphatic heterocycles. The minimum Gasteiger partial charge on any atom is -0.496 e. The third-order valence-corrected chi connectivity index (χ3v) is 5.69. The van der Waals surface area contributed by atoms with Crippen molar-refractivity contribution in [1.82, 2.24) is 10.6 Å². The summed E-state index contributed by atoms with van der Waals surface area (Å²) in [6.07, 6.45) is 3.75. The predicted molar refractivity (Wildman–Crippen MR) is 123 cm³/mol. The molecule has 0 saturated heterocycles. The van der Waals surface area contributed by atoms with Gasteiger partial charge in [0.1, 0.15) is 28.8 Å². The van der Waals surface area contributed by atoms with Gasteiger partial charge in [0.2, 0.25) is 0 Å². The Kier molecular flexibility index (Phi) is 7.83. The number of halogens is 2. The highest BCUT2D eigenvalue weighted by Crippen LogP contribution is 2.22. The lowest BCUT2D eigenvalue weighted by Gasteiger charge is -2.17. The number of hydrogen-bond donors (Lipinski definition) is 5. The van der Waals surface area contributed by atoms with Gasteiger partial charge in [-0.05, 0) is 37.1 Å². The van der Waals surface area contributed by atoms with E-state index in [0.717, 1.165) is 37.8 Å². The fraction of sp³-hybridized carbons (Fsp3) is 0.292. The third kappa shape index (κ3) is 5.51. The van der Waals surface area contributed by atoms with E-state index in [9.17, 15) is 18.4 Å². The summed E-state index contributed by atoms with van der Waals surface area (Å²) in [6, 6.07) is 8.29. The molecule has 0 radical (unpaired) electrons. The quantitative estimate of drug-likeness (QED) is 0.282. The van der Waals surface area contributed by atoms with E-state index < -0.39 is 41.3 Å². The number of carbonyl (C=O) groups excluding carboxylic acids is 2. The first-order valence-electron chi connectivity index (χ1n) is 10.8. The topological polar surface area (TPSA) is 143 Å². The molecular formula is C24H27F2N5O3. The summed E-state index contributed by atoms with van der Waals surface area (Å²) >= 11 is 0. The maximum Gasteiger partial charge on any atom is 0.255 e. The molecule has 0 atom stereocenters. The van der Waals surface area contributed by atoms with Crippen LogP contribution >= 0.6 is 0 Å². The summed E-state index contributed by atoms with van der Waals surface area (Å²) in [5, 5.41) is 13.8. The number of methoxy groups -OCH3 is 1. The second-order valence-corrected chi connectivity index (χ2v) is 7.96. The molecule has 0 spiro atoms. The first-order valence-corrected chi connectivity index (χ1v) is 10.8. The van der Waals surface area contributed by atoms with E-state index in [1.165, 1.54) is 13.2 Å². The normalized spacial score (nSPS) is 14.3. The lowest BCUT2D eigenvalue weighted by atomic mass is 9.99. The highest BCUT2D eigenvalue weighted by Gasteiger charge is 2.24. The smallest absolute Gasteiger partial charge is 0.255 e. The molecule has 3 rings (SSSR count). The van der Waals surface area contributed by atoms with Crippen LogP contribution in [-0.2, 0) is 11.3 Å². The molecule has 2 aromatic rings. The van der Waals surface area contributed by atoms with E-state index in [1.807, 2.05) is 0 Å². The molecule has 0 aromatic heterocycles. The molecule has 1 aliphatic rings. The van der Waals surface area contributed by atoms with Gasteiger partial charge in [-0.15, -0.1) is 0 Å². The van der Waals surface area contributed by atoms with Gasteiger partial charge in [-0.25, -0.2) is 8.78 Å². The van der Waals surface area contributed by atoms with Crippen molar-refractivity contribution in [2.75, 3.05) is 7.11 Å². The van der Waals surface area contributed by atoms with Gasteiger partial charge in [0.05, 0.1) is 18.4 Å². The molecule has 10 heteroatoms.